The largest absolute Gasteiger partial charge is 0.101 e. The van der Waals surface area contributed by atoms with Gasteiger partial charge in [0.2, 0.25) is 0 Å². The molecule has 0 aromatic heterocycles. The lowest BCUT2D eigenvalue weighted by Gasteiger charge is -2.40. The lowest BCUT2D eigenvalue weighted by Crippen LogP contribution is -2.78. The van der Waals surface area contributed by atoms with Crippen molar-refractivity contribution in [2.75, 3.05) is 0 Å². The van der Waals surface area contributed by atoms with Crippen molar-refractivity contribution in [3.05, 3.63) is 0 Å². The highest BCUT2D eigenvalue weighted by Gasteiger charge is 2.43. The van der Waals surface area contributed by atoms with Crippen LogP contribution in [0.15, 0.2) is 0 Å². The molecule has 0 aromatic rings. The summed E-state index contributed by atoms with van der Waals surface area (Å²) in [7, 11) is 60.3. The normalized spacial score (nSPS) is 8.68. The lowest BCUT2D eigenvalue weighted by molar-refractivity contribution is 2.32. The Labute approximate surface area is 176 Å². The van der Waals surface area contributed by atoms with Crippen LogP contribution in [0.1, 0.15) is 0 Å². The molecule has 24 heteroatoms. The van der Waals surface area contributed by atoms with Crippen molar-refractivity contribution in [3.63, 3.8) is 0 Å². The summed E-state index contributed by atoms with van der Waals surface area (Å²) in [5.41, 5.74) is 0. The molecular formula is CH3B24. The van der Waals surface area contributed by atoms with E-state index in [-0.39, 0.29) is 44.8 Å². The highest BCUT2D eigenvalue weighted by molar-refractivity contribution is 8.15. The number of hydrogen-bond donors (Lipinski definition) is 0. The van der Waals surface area contributed by atoms with E-state index in [9.17, 15) is 0 Å². The van der Waals surface area contributed by atoms with Gasteiger partial charge in [-0.15, -0.1) is 6.82 Å². The quantitative estimate of drug-likeness (QED) is 0.260. The first-order valence-electron chi connectivity index (χ1n) is 8.24. The Morgan fingerprint density at radius 1 is 0.520 bits per heavy atom. The van der Waals surface area contributed by atoms with Gasteiger partial charge >= 0.3 is 0 Å². The van der Waals surface area contributed by atoms with Crippen LogP contribution >= 0.6 is 0 Å². The van der Waals surface area contributed by atoms with Crippen LogP contribution in [0.4, 0.5) is 0 Å². The Balaban J connectivity index is 5.81. The molecule has 25 radical (unpaired) electrons. The van der Waals surface area contributed by atoms with E-state index in [1.165, 1.54) is 35.3 Å². The third kappa shape index (κ3) is 7.83. The summed E-state index contributed by atoms with van der Waals surface area (Å²) >= 11 is 0. The van der Waals surface area contributed by atoms with Gasteiger partial charge in [0.15, 0.2) is 0 Å². The minimum absolute atomic E-state index is 0.0113. The molecule has 0 unspecified atom stereocenters. The van der Waals surface area contributed by atoms with Crippen LogP contribution in [0, 0.1) is 0 Å². The highest BCUT2D eigenvalue weighted by Crippen LogP contribution is 2.06. The Hall–Kier alpha value is 1.56. The molecule has 0 saturated heterocycles. The average Bonchev–Trinajstić information content (AvgIpc) is 2.64. The fourth-order valence-corrected chi connectivity index (χ4v) is 3.47. The molecule has 0 aliphatic heterocycles. The van der Waals surface area contributed by atoms with Crippen LogP contribution in [0.2, 0.25) is 6.82 Å². The van der Waals surface area contributed by atoms with E-state index in [0.29, 0.717) is 0 Å². The minimum Gasteiger partial charge on any atom is -0.101 e. The first kappa shape index (κ1) is 26.6. The van der Waals surface area contributed by atoms with Gasteiger partial charge in [0.1, 0.15) is 0 Å². The summed E-state index contributed by atoms with van der Waals surface area (Å²) in [5, 5.41) is 0. The fourth-order valence-electron chi connectivity index (χ4n) is 3.47. The third-order valence-corrected chi connectivity index (χ3v) is 4.88. The van der Waals surface area contributed by atoms with Gasteiger partial charge in [0, 0.05) is 170 Å². The van der Waals surface area contributed by atoms with Crippen molar-refractivity contribution in [2.45, 2.75) is 6.82 Å². The van der Waals surface area contributed by atoms with Gasteiger partial charge in [0.05, 0.1) is 0 Å². The Kier molecular flexibility index (Phi) is 16.4. The molecule has 79 valence electrons. The molecule has 0 saturated carbocycles. The summed E-state index contributed by atoms with van der Waals surface area (Å²) in [5.74, 6) is 0. The predicted molar refractivity (Wildman–Crippen MR) is 144 cm³/mol. The van der Waals surface area contributed by atoms with E-state index in [1.54, 1.807) is 21.2 Å². The zero-order chi connectivity index (χ0) is 19.4. The van der Waals surface area contributed by atoms with Crippen LogP contribution in [0.25, 0.3) is 0 Å². The smallest absolute Gasteiger partial charge is 0.0413 e. The fraction of sp³-hybridized carbons (Fsp3) is 1.00. The van der Waals surface area contributed by atoms with Crippen LogP contribution in [-0.4, -0.2) is 170 Å². The maximum Gasteiger partial charge on any atom is 0.0413 e. The van der Waals surface area contributed by atoms with Crippen molar-refractivity contribution in [3.8, 4) is 0 Å². The first-order chi connectivity index (χ1) is 12.0. The van der Waals surface area contributed by atoms with Crippen molar-refractivity contribution >= 4 is 170 Å². The number of hydrogen-bond acceptors (Lipinski definition) is 0. The molecular weight excluding hydrogens is 271 g/mol. The molecule has 0 fully saturated rings. The van der Waals surface area contributed by atoms with Gasteiger partial charge in [-0.2, -0.15) is 0 Å². The first-order valence-corrected chi connectivity index (χ1v) is 8.24. The molecule has 0 rings (SSSR count). The average molecular weight is 275 g/mol. The Morgan fingerprint density at radius 2 is 0.920 bits per heavy atom. The van der Waals surface area contributed by atoms with Gasteiger partial charge in [-0.05, 0) is 0 Å². The molecule has 0 nitrogen and oxygen atoms in total. The zero-order valence-electron chi connectivity index (χ0n) is 14.9. The highest BCUT2D eigenvalue weighted by atomic mass is 13.3. The lowest BCUT2D eigenvalue weighted by atomic mass is 8.42. The molecule has 0 heterocycles. The SMILES string of the molecule is [B][B][B]B([B][B])B(B(C)B([B][B])B([B][B])[B][B])B([B][B])B([B][B])[B][B]. The van der Waals surface area contributed by atoms with Crippen molar-refractivity contribution < 1.29 is 0 Å². The van der Waals surface area contributed by atoms with Crippen molar-refractivity contribution in [1.29, 1.82) is 0 Å². The second kappa shape index (κ2) is 15.5. The second-order valence-corrected chi connectivity index (χ2v) is 6.06. The van der Waals surface area contributed by atoms with E-state index >= 15 is 0 Å². The van der Waals surface area contributed by atoms with E-state index in [1.807, 2.05) is 13.9 Å². The van der Waals surface area contributed by atoms with Gasteiger partial charge in [0.25, 0.3) is 0 Å². The van der Waals surface area contributed by atoms with Crippen LogP contribution < -0.4 is 0 Å². The molecule has 25 heavy (non-hydrogen) atoms. The molecule has 0 spiro atoms. The monoisotopic (exact) mass is 279 g/mol. The summed E-state index contributed by atoms with van der Waals surface area (Å²) in [4.78, 5) is 0. The maximum atomic E-state index is 5.94. The summed E-state index contributed by atoms with van der Waals surface area (Å²) < 4.78 is 0. The molecule has 0 N–H and O–H groups in total. The summed E-state index contributed by atoms with van der Waals surface area (Å²) in [6, 6.07) is 0. The van der Waals surface area contributed by atoms with Crippen molar-refractivity contribution in [2.24, 2.45) is 0 Å². The molecule has 0 amide bonds. The number of rotatable bonds is 15. The van der Waals surface area contributed by atoms with Gasteiger partial charge in [-0.1, -0.05) is 0 Å². The third-order valence-electron chi connectivity index (χ3n) is 4.88. The van der Waals surface area contributed by atoms with Crippen LogP contribution in [0.3, 0.4) is 0 Å². The van der Waals surface area contributed by atoms with Crippen LogP contribution in [-0.2, 0) is 0 Å². The second-order valence-electron chi connectivity index (χ2n) is 6.06. The summed E-state index contributed by atoms with van der Waals surface area (Å²) in [6.45, 7) is 2.03. The van der Waals surface area contributed by atoms with Gasteiger partial charge in [-0.25, -0.2) is 0 Å². The minimum atomic E-state index is -0.244. The summed E-state index contributed by atoms with van der Waals surface area (Å²) in [6.07, 6.45) is -1.04. The topological polar surface area (TPSA) is 0 Å². The zero-order valence-corrected chi connectivity index (χ0v) is 14.9. The van der Waals surface area contributed by atoms with Crippen LogP contribution in [0.5, 0.6) is 0 Å². The standard InChI is InChI=1S/CH3B24/c1-19(23(16-8)20(11-3)12-4)25(22(15-7)18-10-2)24(17-9)21(13-5)14-6/h1H3. The maximum absolute atomic E-state index is 5.94. The van der Waals surface area contributed by atoms with E-state index in [2.05, 4.69) is 0 Å². The molecule has 0 bridgehead atoms. The van der Waals surface area contributed by atoms with E-state index in [4.69, 9.17) is 61.9 Å². The van der Waals surface area contributed by atoms with Crippen molar-refractivity contribution in [1.82, 2.24) is 0 Å². The van der Waals surface area contributed by atoms with E-state index in [0.717, 1.165) is 0 Å². The molecule has 0 aromatic carbocycles. The Morgan fingerprint density at radius 3 is 1.24 bits per heavy atom. The predicted octanol–water partition coefficient (Wildman–Crippen LogP) is -8.56. The Bertz CT molecular complexity index is 292. The van der Waals surface area contributed by atoms with E-state index < -0.39 is 0 Å². The molecule has 0 aliphatic carbocycles. The van der Waals surface area contributed by atoms with Gasteiger partial charge in [-0.3, -0.25) is 0 Å². The molecule has 0 aliphatic rings. The van der Waals surface area contributed by atoms with Gasteiger partial charge < -0.3 is 0 Å². The molecule has 0 atom stereocenters.